The molecule has 0 aliphatic carbocycles. The van der Waals surface area contributed by atoms with Crippen LogP contribution < -0.4 is 5.73 Å². The molecule has 0 bridgehead atoms. The topological polar surface area (TPSA) is 106 Å². The van der Waals surface area contributed by atoms with Gasteiger partial charge < -0.3 is 15.4 Å². The van der Waals surface area contributed by atoms with Gasteiger partial charge in [-0.3, -0.25) is 0 Å². The summed E-state index contributed by atoms with van der Waals surface area (Å²) >= 11 is 0. The number of aliphatic hydroxyl groups excluding tert-OH is 1. The number of aromatic amines is 1. The van der Waals surface area contributed by atoms with Crippen molar-refractivity contribution < 1.29 is 5.11 Å². The highest BCUT2D eigenvalue weighted by Crippen LogP contribution is 2.19. The Morgan fingerprint density at radius 2 is 1.92 bits per heavy atom. The van der Waals surface area contributed by atoms with Gasteiger partial charge in [-0.2, -0.15) is 15.4 Å². The van der Waals surface area contributed by atoms with Crippen LogP contribution in [-0.4, -0.2) is 36.3 Å². The number of hydrogen-bond acceptors (Lipinski definition) is 5. The first-order valence-corrected chi connectivity index (χ1v) is 8.49. The Hall–Kier alpha value is -3.03. The molecule has 0 radical (unpaired) electrons. The van der Waals surface area contributed by atoms with Crippen LogP contribution in [-0.2, 0) is 19.4 Å². The smallest absolute Gasteiger partial charge is 0.117 e. The molecule has 132 valence electrons. The van der Waals surface area contributed by atoms with Gasteiger partial charge >= 0.3 is 0 Å². The lowest BCUT2D eigenvalue weighted by Crippen LogP contribution is -2.24. The summed E-state index contributed by atoms with van der Waals surface area (Å²) in [6, 6.07) is 16.0. The van der Waals surface area contributed by atoms with E-state index in [-0.39, 0.29) is 0 Å². The predicted octanol–water partition coefficient (Wildman–Crippen LogP) is 1.61. The molecular weight excluding hydrogens is 328 g/mol. The largest absolute Gasteiger partial charge is 0.378 e. The number of aromatic nitrogens is 5. The standard InChI is InChI=1S/C19H20N6O/c20-18(26)10-17-16(9-13-5-2-1-3-6-13)21-12-25(17)11-14-7-4-8-15-19(14)23-24-22-15/h1-8,12,18,26H,9-11,20H2,(H,22,23,24). The number of imidazole rings is 1. The van der Waals surface area contributed by atoms with Crippen molar-refractivity contribution in [1.29, 1.82) is 0 Å². The Balaban J connectivity index is 1.68. The molecule has 1 unspecified atom stereocenters. The monoisotopic (exact) mass is 348 g/mol. The van der Waals surface area contributed by atoms with Gasteiger partial charge in [0, 0.05) is 24.1 Å². The number of benzene rings is 2. The maximum atomic E-state index is 9.75. The summed E-state index contributed by atoms with van der Waals surface area (Å²) in [5, 5.41) is 20.8. The van der Waals surface area contributed by atoms with Gasteiger partial charge in [-0.15, -0.1) is 0 Å². The summed E-state index contributed by atoms with van der Waals surface area (Å²) in [6.07, 6.45) is 1.92. The van der Waals surface area contributed by atoms with Crippen molar-refractivity contribution in [1.82, 2.24) is 25.0 Å². The molecule has 0 spiro atoms. The van der Waals surface area contributed by atoms with Crippen molar-refractivity contribution in [2.24, 2.45) is 5.73 Å². The van der Waals surface area contributed by atoms with Crippen LogP contribution in [0.15, 0.2) is 54.9 Å². The molecule has 0 aliphatic rings. The van der Waals surface area contributed by atoms with Gasteiger partial charge in [0.15, 0.2) is 0 Å². The van der Waals surface area contributed by atoms with Gasteiger partial charge in [0.05, 0.1) is 18.6 Å². The molecule has 0 amide bonds. The highest BCUT2D eigenvalue weighted by molar-refractivity contribution is 5.77. The van der Waals surface area contributed by atoms with E-state index < -0.39 is 6.23 Å². The molecule has 26 heavy (non-hydrogen) atoms. The molecule has 1 atom stereocenters. The van der Waals surface area contributed by atoms with Crippen molar-refractivity contribution in [3.05, 3.63) is 77.4 Å². The van der Waals surface area contributed by atoms with Crippen LogP contribution in [0.2, 0.25) is 0 Å². The number of fused-ring (bicyclic) bond motifs is 1. The van der Waals surface area contributed by atoms with Crippen molar-refractivity contribution in [2.45, 2.75) is 25.6 Å². The van der Waals surface area contributed by atoms with Gasteiger partial charge in [-0.25, -0.2) is 4.98 Å². The van der Waals surface area contributed by atoms with E-state index in [9.17, 15) is 5.11 Å². The normalized spacial score (nSPS) is 12.5. The van der Waals surface area contributed by atoms with Crippen LogP contribution >= 0.6 is 0 Å². The molecule has 4 rings (SSSR count). The first kappa shape index (κ1) is 16.4. The summed E-state index contributed by atoms with van der Waals surface area (Å²) < 4.78 is 2.03. The molecule has 4 N–H and O–H groups in total. The second kappa shape index (κ2) is 7.07. The number of rotatable bonds is 6. The second-order valence-corrected chi connectivity index (χ2v) is 6.31. The van der Waals surface area contributed by atoms with Crippen LogP contribution in [0.5, 0.6) is 0 Å². The van der Waals surface area contributed by atoms with Crippen molar-refractivity contribution in [2.75, 3.05) is 0 Å². The Morgan fingerprint density at radius 3 is 2.73 bits per heavy atom. The number of nitrogens with two attached hydrogens (primary N) is 1. The third kappa shape index (κ3) is 3.35. The highest BCUT2D eigenvalue weighted by Gasteiger charge is 2.15. The average molecular weight is 348 g/mol. The van der Waals surface area contributed by atoms with E-state index >= 15 is 0 Å². The lowest BCUT2D eigenvalue weighted by Gasteiger charge is -2.12. The Bertz CT molecular complexity index is 1010. The van der Waals surface area contributed by atoms with E-state index in [2.05, 4.69) is 32.5 Å². The van der Waals surface area contributed by atoms with Gasteiger partial charge in [-0.05, 0) is 11.6 Å². The molecular formula is C19H20N6O. The zero-order valence-corrected chi connectivity index (χ0v) is 14.2. The van der Waals surface area contributed by atoms with E-state index in [4.69, 9.17) is 5.73 Å². The van der Waals surface area contributed by atoms with Crippen molar-refractivity contribution in [3.8, 4) is 0 Å². The summed E-state index contributed by atoms with van der Waals surface area (Å²) in [6.45, 7) is 0.591. The number of H-pyrrole nitrogens is 1. The van der Waals surface area contributed by atoms with E-state index in [1.165, 1.54) is 5.56 Å². The third-order valence-electron chi connectivity index (χ3n) is 4.42. The highest BCUT2D eigenvalue weighted by atomic mass is 16.3. The lowest BCUT2D eigenvalue weighted by molar-refractivity contribution is 0.180. The van der Waals surface area contributed by atoms with Crippen LogP contribution in [0.4, 0.5) is 0 Å². The van der Waals surface area contributed by atoms with Crippen molar-refractivity contribution >= 4 is 11.0 Å². The van der Waals surface area contributed by atoms with E-state index in [0.717, 1.165) is 28.0 Å². The maximum Gasteiger partial charge on any atom is 0.117 e. The first-order valence-electron chi connectivity index (χ1n) is 8.49. The summed E-state index contributed by atoms with van der Waals surface area (Å²) in [7, 11) is 0. The minimum absolute atomic E-state index is 0.344. The van der Waals surface area contributed by atoms with Gasteiger partial charge in [-0.1, -0.05) is 42.5 Å². The minimum atomic E-state index is -0.928. The van der Waals surface area contributed by atoms with Crippen LogP contribution in [0, 0.1) is 0 Å². The first-order chi connectivity index (χ1) is 12.7. The average Bonchev–Trinajstić information content (AvgIpc) is 3.25. The zero-order valence-electron chi connectivity index (χ0n) is 14.2. The molecule has 7 nitrogen and oxygen atoms in total. The maximum absolute atomic E-state index is 9.75. The fourth-order valence-corrected chi connectivity index (χ4v) is 3.19. The number of para-hydroxylation sites is 1. The predicted molar refractivity (Wildman–Crippen MR) is 98.4 cm³/mol. The summed E-state index contributed by atoms with van der Waals surface area (Å²) in [5.41, 5.74) is 11.4. The zero-order chi connectivity index (χ0) is 17.9. The Labute approximate surface area is 150 Å². The fourth-order valence-electron chi connectivity index (χ4n) is 3.19. The Kier molecular flexibility index (Phi) is 4.47. The molecule has 2 heterocycles. The number of hydrogen-bond donors (Lipinski definition) is 3. The second-order valence-electron chi connectivity index (χ2n) is 6.31. The SMILES string of the molecule is NC(O)Cc1c(Cc2ccccc2)ncn1Cc1cccc2n[nH]nc12. The fraction of sp³-hybridized carbons (Fsp3) is 0.211. The number of aliphatic hydroxyl groups is 1. The minimum Gasteiger partial charge on any atom is -0.378 e. The lowest BCUT2D eigenvalue weighted by atomic mass is 10.1. The van der Waals surface area contributed by atoms with Gasteiger partial charge in [0.25, 0.3) is 0 Å². The number of nitrogens with one attached hydrogen (secondary N) is 1. The van der Waals surface area contributed by atoms with Crippen molar-refractivity contribution in [3.63, 3.8) is 0 Å². The van der Waals surface area contributed by atoms with Gasteiger partial charge in [0.2, 0.25) is 0 Å². The van der Waals surface area contributed by atoms with Crippen LogP contribution in [0.3, 0.4) is 0 Å². The molecule has 0 saturated heterocycles. The quantitative estimate of drug-likeness (QED) is 0.459. The molecule has 2 aromatic heterocycles. The molecule has 0 fully saturated rings. The molecule has 2 aromatic carbocycles. The molecule has 0 aliphatic heterocycles. The van der Waals surface area contributed by atoms with Crippen LogP contribution in [0.25, 0.3) is 11.0 Å². The summed E-state index contributed by atoms with van der Waals surface area (Å²) in [5.74, 6) is 0. The Morgan fingerprint density at radius 1 is 1.08 bits per heavy atom. The van der Waals surface area contributed by atoms with E-state index in [1.54, 1.807) is 6.33 Å². The van der Waals surface area contributed by atoms with E-state index in [0.29, 0.717) is 19.4 Å². The molecule has 0 saturated carbocycles. The van der Waals surface area contributed by atoms with Crippen LogP contribution in [0.1, 0.15) is 22.5 Å². The van der Waals surface area contributed by atoms with E-state index in [1.807, 2.05) is 41.0 Å². The third-order valence-corrected chi connectivity index (χ3v) is 4.42. The molecule has 4 aromatic rings. The summed E-state index contributed by atoms with van der Waals surface area (Å²) in [4.78, 5) is 4.58. The molecule has 7 heteroatoms. The van der Waals surface area contributed by atoms with Gasteiger partial charge in [0.1, 0.15) is 17.3 Å². The number of nitrogens with zero attached hydrogens (tertiary/aromatic N) is 4.